The van der Waals surface area contributed by atoms with Gasteiger partial charge in [0, 0.05) is 19.2 Å². The first-order valence-electron chi connectivity index (χ1n) is 10.1. The van der Waals surface area contributed by atoms with Crippen LogP contribution in [0.3, 0.4) is 0 Å². The molecule has 0 spiro atoms. The molecule has 0 aliphatic carbocycles. The van der Waals surface area contributed by atoms with E-state index in [1.54, 1.807) is 26.4 Å². The van der Waals surface area contributed by atoms with E-state index in [1.165, 1.54) is 12.7 Å². The first-order chi connectivity index (χ1) is 14.7. The van der Waals surface area contributed by atoms with Gasteiger partial charge in [-0.2, -0.15) is 0 Å². The largest absolute Gasteiger partial charge is 0.493 e. The van der Waals surface area contributed by atoms with Crippen molar-refractivity contribution >= 4 is 16.8 Å². The number of hydrogen-bond donors (Lipinski definition) is 0. The zero-order valence-corrected chi connectivity index (χ0v) is 17.3. The van der Waals surface area contributed by atoms with Gasteiger partial charge in [-0.3, -0.25) is 4.79 Å². The number of rotatable bonds is 6. The predicted octanol–water partition coefficient (Wildman–Crippen LogP) is 3.99. The summed E-state index contributed by atoms with van der Waals surface area (Å²) in [5, 5.41) is 0.722. The summed E-state index contributed by atoms with van der Waals surface area (Å²) in [6.07, 6.45) is 5.28. The Hall–Kier alpha value is -3.35. The van der Waals surface area contributed by atoms with Crippen molar-refractivity contribution in [2.45, 2.75) is 25.7 Å². The van der Waals surface area contributed by atoms with E-state index in [0.29, 0.717) is 35.1 Å². The summed E-state index contributed by atoms with van der Waals surface area (Å²) in [5.74, 6) is 2.43. The molecule has 2 heterocycles. The zero-order chi connectivity index (χ0) is 20.9. The molecule has 0 atom stereocenters. The molecule has 156 valence electrons. The number of carbonyl (C=O) groups is 1. The Bertz CT molecular complexity index is 1030. The fraction of sp³-hybridized carbons (Fsp3) is 0.348. The molecular formula is C23H25N3O4. The van der Waals surface area contributed by atoms with Gasteiger partial charge in [-0.1, -0.05) is 12.1 Å². The molecule has 1 aromatic heterocycles. The van der Waals surface area contributed by atoms with Crippen molar-refractivity contribution in [3.8, 4) is 23.1 Å². The predicted molar refractivity (Wildman–Crippen MR) is 113 cm³/mol. The van der Waals surface area contributed by atoms with Crippen LogP contribution in [0, 0.1) is 0 Å². The standard InChI is InChI=1S/C23H25N3O4/c1-28-20-13-18-19(14-21(20)29-2)24-15-25-23(18)30-17-8-6-16(7-9-17)12-22(27)26-10-4-3-5-11-26/h6-9,13-15H,3-5,10-12H2,1-2H3. The highest BCUT2D eigenvalue weighted by molar-refractivity contribution is 5.87. The van der Waals surface area contributed by atoms with E-state index in [1.807, 2.05) is 29.2 Å². The number of amides is 1. The molecular weight excluding hydrogens is 382 g/mol. The van der Waals surface area contributed by atoms with Gasteiger partial charge in [-0.15, -0.1) is 0 Å². The Kier molecular flexibility index (Phi) is 5.97. The van der Waals surface area contributed by atoms with Crippen LogP contribution in [0.4, 0.5) is 0 Å². The molecule has 4 rings (SSSR count). The average Bonchev–Trinajstić information content (AvgIpc) is 2.80. The minimum atomic E-state index is 0.186. The third kappa shape index (κ3) is 4.30. The number of fused-ring (bicyclic) bond motifs is 1. The Labute approximate surface area is 175 Å². The van der Waals surface area contributed by atoms with Crippen molar-refractivity contribution in [1.29, 1.82) is 0 Å². The van der Waals surface area contributed by atoms with Gasteiger partial charge in [0.15, 0.2) is 11.5 Å². The summed E-state index contributed by atoms with van der Waals surface area (Å²) in [6, 6.07) is 11.1. The van der Waals surface area contributed by atoms with E-state index in [4.69, 9.17) is 14.2 Å². The number of nitrogens with zero attached hydrogens (tertiary/aromatic N) is 3. The van der Waals surface area contributed by atoms with E-state index in [9.17, 15) is 4.79 Å². The van der Waals surface area contributed by atoms with Crippen LogP contribution in [-0.2, 0) is 11.2 Å². The Morgan fingerprint density at radius 2 is 1.67 bits per heavy atom. The molecule has 1 fully saturated rings. The average molecular weight is 407 g/mol. The quantitative estimate of drug-likeness (QED) is 0.615. The smallest absolute Gasteiger partial charge is 0.230 e. The Balaban J connectivity index is 1.50. The number of methoxy groups -OCH3 is 2. The number of ether oxygens (including phenoxy) is 3. The lowest BCUT2D eigenvalue weighted by Gasteiger charge is -2.26. The molecule has 1 amide bonds. The van der Waals surface area contributed by atoms with Gasteiger partial charge < -0.3 is 19.1 Å². The summed E-state index contributed by atoms with van der Waals surface area (Å²) in [5.41, 5.74) is 1.67. The molecule has 7 heteroatoms. The zero-order valence-electron chi connectivity index (χ0n) is 17.3. The van der Waals surface area contributed by atoms with Gasteiger partial charge in [0.05, 0.1) is 31.5 Å². The number of benzene rings is 2. The molecule has 0 N–H and O–H groups in total. The van der Waals surface area contributed by atoms with Crippen LogP contribution in [0.1, 0.15) is 24.8 Å². The van der Waals surface area contributed by atoms with Crippen LogP contribution >= 0.6 is 0 Å². The molecule has 30 heavy (non-hydrogen) atoms. The van der Waals surface area contributed by atoms with Gasteiger partial charge >= 0.3 is 0 Å². The second kappa shape index (κ2) is 8.98. The van der Waals surface area contributed by atoms with Gasteiger partial charge in [-0.25, -0.2) is 9.97 Å². The van der Waals surface area contributed by atoms with E-state index in [-0.39, 0.29) is 5.91 Å². The number of hydrogen-bond acceptors (Lipinski definition) is 6. The van der Waals surface area contributed by atoms with Gasteiger partial charge in [0.2, 0.25) is 11.8 Å². The van der Waals surface area contributed by atoms with Crippen molar-refractivity contribution in [1.82, 2.24) is 14.9 Å². The first-order valence-corrected chi connectivity index (χ1v) is 10.1. The molecule has 0 radical (unpaired) electrons. The highest BCUT2D eigenvalue weighted by Gasteiger charge is 2.17. The fourth-order valence-electron chi connectivity index (χ4n) is 3.66. The normalized spacial score (nSPS) is 13.9. The van der Waals surface area contributed by atoms with Crippen molar-refractivity contribution in [2.75, 3.05) is 27.3 Å². The second-order valence-electron chi connectivity index (χ2n) is 7.27. The highest BCUT2D eigenvalue weighted by Crippen LogP contribution is 2.35. The molecule has 0 bridgehead atoms. The van der Waals surface area contributed by atoms with Crippen LogP contribution in [0.5, 0.6) is 23.1 Å². The lowest BCUT2D eigenvalue weighted by atomic mass is 10.1. The topological polar surface area (TPSA) is 73.8 Å². The number of likely N-dealkylation sites (tertiary alicyclic amines) is 1. The van der Waals surface area contributed by atoms with Crippen LogP contribution in [0.25, 0.3) is 10.9 Å². The molecule has 0 unspecified atom stereocenters. The molecule has 2 aromatic carbocycles. The van der Waals surface area contributed by atoms with Crippen LogP contribution in [0.2, 0.25) is 0 Å². The van der Waals surface area contributed by atoms with Crippen molar-refractivity contribution in [3.63, 3.8) is 0 Å². The Morgan fingerprint density at radius 1 is 0.967 bits per heavy atom. The summed E-state index contributed by atoms with van der Waals surface area (Å²) >= 11 is 0. The van der Waals surface area contributed by atoms with E-state index in [2.05, 4.69) is 9.97 Å². The molecule has 7 nitrogen and oxygen atoms in total. The lowest BCUT2D eigenvalue weighted by molar-refractivity contribution is -0.131. The molecule has 1 aliphatic rings. The SMILES string of the molecule is COc1cc2ncnc(Oc3ccc(CC(=O)N4CCCCC4)cc3)c2cc1OC. The Morgan fingerprint density at radius 3 is 2.37 bits per heavy atom. The minimum Gasteiger partial charge on any atom is -0.493 e. The third-order valence-corrected chi connectivity index (χ3v) is 5.31. The maximum atomic E-state index is 12.5. The van der Waals surface area contributed by atoms with Crippen LogP contribution < -0.4 is 14.2 Å². The maximum absolute atomic E-state index is 12.5. The minimum absolute atomic E-state index is 0.186. The van der Waals surface area contributed by atoms with Crippen LogP contribution in [-0.4, -0.2) is 48.1 Å². The first kappa shape index (κ1) is 19.9. The van der Waals surface area contributed by atoms with E-state index >= 15 is 0 Å². The number of carbonyl (C=O) groups excluding carboxylic acids is 1. The van der Waals surface area contributed by atoms with E-state index in [0.717, 1.165) is 36.9 Å². The number of aromatic nitrogens is 2. The van der Waals surface area contributed by atoms with Crippen molar-refractivity contribution in [2.24, 2.45) is 0 Å². The summed E-state index contributed by atoms with van der Waals surface area (Å²) < 4.78 is 16.7. The van der Waals surface area contributed by atoms with Gasteiger partial charge in [0.25, 0.3) is 0 Å². The third-order valence-electron chi connectivity index (χ3n) is 5.31. The number of piperidine rings is 1. The van der Waals surface area contributed by atoms with Gasteiger partial charge in [0.1, 0.15) is 12.1 Å². The fourth-order valence-corrected chi connectivity index (χ4v) is 3.66. The molecule has 1 saturated heterocycles. The van der Waals surface area contributed by atoms with Crippen molar-refractivity contribution < 1.29 is 19.0 Å². The lowest BCUT2D eigenvalue weighted by Crippen LogP contribution is -2.36. The summed E-state index contributed by atoms with van der Waals surface area (Å²) in [4.78, 5) is 23.0. The summed E-state index contributed by atoms with van der Waals surface area (Å²) in [7, 11) is 3.16. The van der Waals surface area contributed by atoms with Crippen LogP contribution in [0.15, 0.2) is 42.7 Å². The summed E-state index contributed by atoms with van der Waals surface area (Å²) in [6.45, 7) is 1.74. The van der Waals surface area contributed by atoms with Crippen molar-refractivity contribution in [3.05, 3.63) is 48.3 Å². The van der Waals surface area contributed by atoms with E-state index < -0.39 is 0 Å². The highest BCUT2D eigenvalue weighted by atomic mass is 16.5. The maximum Gasteiger partial charge on any atom is 0.230 e. The molecule has 0 saturated carbocycles. The van der Waals surface area contributed by atoms with Gasteiger partial charge in [-0.05, 0) is 43.0 Å². The molecule has 1 aliphatic heterocycles. The second-order valence-corrected chi connectivity index (χ2v) is 7.27. The molecule has 3 aromatic rings. The monoisotopic (exact) mass is 407 g/mol.